The van der Waals surface area contributed by atoms with Crippen molar-refractivity contribution in [2.45, 2.75) is 6.10 Å². The summed E-state index contributed by atoms with van der Waals surface area (Å²) in [5.41, 5.74) is 0.464. The first kappa shape index (κ1) is 14.4. The molecule has 0 saturated carbocycles. The summed E-state index contributed by atoms with van der Waals surface area (Å²) in [6.45, 7) is 3.39. The Morgan fingerprint density at radius 1 is 1.60 bits per heavy atom. The molecule has 0 aromatic heterocycles. The molecule has 1 atom stereocenters. The second-order valence-electron chi connectivity index (χ2n) is 4.01. The number of anilines is 1. The Morgan fingerprint density at radius 2 is 2.35 bits per heavy atom. The van der Waals surface area contributed by atoms with Crippen LogP contribution in [0.2, 0.25) is 0 Å². The van der Waals surface area contributed by atoms with Crippen LogP contribution in [0.4, 0.5) is 10.5 Å². The van der Waals surface area contributed by atoms with E-state index in [4.69, 9.17) is 14.6 Å². The van der Waals surface area contributed by atoms with E-state index in [1.807, 2.05) is 0 Å². The summed E-state index contributed by atoms with van der Waals surface area (Å²) in [6.07, 6.45) is -0.342. The van der Waals surface area contributed by atoms with E-state index in [0.29, 0.717) is 15.9 Å². The summed E-state index contributed by atoms with van der Waals surface area (Å²) in [5, 5.41) is 9.10. The summed E-state index contributed by atoms with van der Waals surface area (Å²) in [6, 6.07) is 5.09. The molecule has 1 N–H and O–H groups in total. The predicted octanol–water partition coefficient (Wildman–Crippen LogP) is 2.42. The molecule has 106 valence electrons. The standard InChI is InChI=1S/C13H12BrNO5/c1-2-6-19-13(18)15-7-10(12(16)17)20-11-8(14)4-3-5-9(11)15/h2-5,10H,1,6-7H2,(H,16,17). The lowest BCUT2D eigenvalue weighted by molar-refractivity contribution is -0.144. The number of carbonyl (C=O) groups excluding carboxylic acids is 1. The number of carboxylic acid groups (broad SMARTS) is 1. The van der Waals surface area contributed by atoms with Gasteiger partial charge in [0, 0.05) is 0 Å². The van der Waals surface area contributed by atoms with E-state index in [1.165, 1.54) is 11.0 Å². The maximum absolute atomic E-state index is 12.0. The Kier molecular flexibility index (Phi) is 4.29. The fourth-order valence-electron chi connectivity index (χ4n) is 1.78. The predicted molar refractivity (Wildman–Crippen MR) is 75.1 cm³/mol. The van der Waals surface area contributed by atoms with Crippen LogP contribution in [-0.4, -0.2) is 36.4 Å². The molecule has 0 spiro atoms. The Balaban J connectivity index is 2.36. The molecule has 1 aliphatic rings. The first-order valence-electron chi connectivity index (χ1n) is 5.77. The summed E-state index contributed by atoms with van der Waals surface area (Å²) in [4.78, 5) is 24.4. The minimum Gasteiger partial charge on any atom is -0.478 e. The minimum absolute atomic E-state index is 0.0528. The highest BCUT2D eigenvalue weighted by Gasteiger charge is 2.35. The molecule has 1 aromatic carbocycles. The van der Waals surface area contributed by atoms with Crippen molar-refractivity contribution < 1.29 is 24.2 Å². The first-order chi connectivity index (χ1) is 9.54. The van der Waals surface area contributed by atoms with Crippen LogP contribution < -0.4 is 9.64 Å². The van der Waals surface area contributed by atoms with Gasteiger partial charge in [-0.05, 0) is 28.1 Å². The largest absolute Gasteiger partial charge is 0.478 e. The molecule has 1 aliphatic heterocycles. The number of carbonyl (C=O) groups is 2. The number of halogens is 1. The van der Waals surface area contributed by atoms with Crippen molar-refractivity contribution >= 4 is 33.7 Å². The quantitative estimate of drug-likeness (QED) is 0.854. The van der Waals surface area contributed by atoms with Crippen molar-refractivity contribution in [1.82, 2.24) is 0 Å². The second kappa shape index (κ2) is 5.96. The van der Waals surface area contributed by atoms with Gasteiger partial charge in [-0.2, -0.15) is 0 Å². The summed E-state index contributed by atoms with van der Waals surface area (Å²) in [5.74, 6) is -0.838. The number of para-hydroxylation sites is 1. The number of hydrogen-bond donors (Lipinski definition) is 1. The zero-order valence-corrected chi connectivity index (χ0v) is 12.0. The van der Waals surface area contributed by atoms with Crippen molar-refractivity contribution in [3.63, 3.8) is 0 Å². The molecule has 20 heavy (non-hydrogen) atoms. The molecule has 2 rings (SSSR count). The van der Waals surface area contributed by atoms with Crippen LogP contribution in [-0.2, 0) is 9.53 Å². The molecule has 1 heterocycles. The van der Waals surface area contributed by atoms with E-state index in [9.17, 15) is 9.59 Å². The third kappa shape index (κ3) is 2.77. The lowest BCUT2D eigenvalue weighted by Crippen LogP contribution is -2.47. The van der Waals surface area contributed by atoms with Gasteiger partial charge in [-0.15, -0.1) is 0 Å². The van der Waals surface area contributed by atoms with Crippen LogP contribution in [0.15, 0.2) is 35.3 Å². The molecule has 7 heteroatoms. The summed E-state index contributed by atoms with van der Waals surface area (Å²) < 4.78 is 10.9. The number of carboxylic acids is 1. The van der Waals surface area contributed by atoms with Crippen LogP contribution in [0.1, 0.15) is 0 Å². The third-order valence-electron chi connectivity index (χ3n) is 2.67. The molecule has 1 unspecified atom stereocenters. The van der Waals surface area contributed by atoms with E-state index in [2.05, 4.69) is 22.5 Å². The number of amides is 1. The normalized spacial score (nSPS) is 16.9. The maximum Gasteiger partial charge on any atom is 0.414 e. The summed E-state index contributed by atoms with van der Waals surface area (Å²) >= 11 is 3.28. The fraction of sp³-hybridized carbons (Fsp3) is 0.231. The van der Waals surface area contributed by atoms with Gasteiger partial charge in [0.25, 0.3) is 0 Å². The van der Waals surface area contributed by atoms with Gasteiger partial charge >= 0.3 is 12.1 Å². The van der Waals surface area contributed by atoms with E-state index in [1.54, 1.807) is 18.2 Å². The van der Waals surface area contributed by atoms with Gasteiger partial charge < -0.3 is 14.6 Å². The molecule has 0 saturated heterocycles. The van der Waals surface area contributed by atoms with E-state index in [0.717, 1.165) is 0 Å². The van der Waals surface area contributed by atoms with Gasteiger partial charge in [-0.1, -0.05) is 18.7 Å². The first-order valence-corrected chi connectivity index (χ1v) is 6.57. The van der Waals surface area contributed by atoms with Crippen molar-refractivity contribution in [1.29, 1.82) is 0 Å². The fourth-order valence-corrected chi connectivity index (χ4v) is 2.23. The van der Waals surface area contributed by atoms with Crippen molar-refractivity contribution in [2.75, 3.05) is 18.1 Å². The molecule has 0 aliphatic carbocycles. The Morgan fingerprint density at radius 3 is 3.00 bits per heavy atom. The SMILES string of the molecule is C=CCOC(=O)N1CC(C(=O)O)Oc2c(Br)cccc21. The number of nitrogens with zero attached hydrogens (tertiary/aromatic N) is 1. The number of fused-ring (bicyclic) bond motifs is 1. The molecule has 1 aromatic rings. The van der Waals surface area contributed by atoms with Crippen LogP contribution in [0, 0.1) is 0 Å². The van der Waals surface area contributed by atoms with Crippen LogP contribution in [0.25, 0.3) is 0 Å². The van der Waals surface area contributed by atoms with E-state index >= 15 is 0 Å². The lowest BCUT2D eigenvalue weighted by atomic mass is 10.2. The van der Waals surface area contributed by atoms with Crippen molar-refractivity contribution in [3.05, 3.63) is 35.3 Å². The van der Waals surface area contributed by atoms with Gasteiger partial charge in [0.15, 0.2) is 5.75 Å². The van der Waals surface area contributed by atoms with E-state index in [-0.39, 0.29) is 13.2 Å². The Hall–Kier alpha value is -2.02. The van der Waals surface area contributed by atoms with Crippen LogP contribution in [0.5, 0.6) is 5.75 Å². The number of hydrogen-bond acceptors (Lipinski definition) is 4. The third-order valence-corrected chi connectivity index (χ3v) is 3.29. The molecular formula is C13H12BrNO5. The number of rotatable bonds is 3. The topological polar surface area (TPSA) is 76.1 Å². The Bertz CT molecular complexity index is 560. The highest BCUT2D eigenvalue weighted by atomic mass is 79.9. The van der Waals surface area contributed by atoms with Gasteiger partial charge in [-0.3, -0.25) is 4.90 Å². The summed E-state index contributed by atoms with van der Waals surface area (Å²) in [7, 11) is 0. The highest BCUT2D eigenvalue weighted by molar-refractivity contribution is 9.10. The van der Waals surface area contributed by atoms with E-state index < -0.39 is 18.2 Å². The lowest BCUT2D eigenvalue weighted by Gasteiger charge is -2.32. The number of benzene rings is 1. The average Bonchev–Trinajstić information content (AvgIpc) is 2.44. The van der Waals surface area contributed by atoms with Gasteiger partial charge in [0.05, 0.1) is 16.7 Å². The molecule has 6 nitrogen and oxygen atoms in total. The molecule has 0 bridgehead atoms. The molecule has 1 amide bonds. The molecule has 0 radical (unpaired) electrons. The smallest absolute Gasteiger partial charge is 0.414 e. The maximum atomic E-state index is 12.0. The van der Waals surface area contributed by atoms with Gasteiger partial charge in [0.2, 0.25) is 6.10 Å². The molecular weight excluding hydrogens is 330 g/mol. The zero-order valence-electron chi connectivity index (χ0n) is 10.4. The molecule has 0 fully saturated rings. The van der Waals surface area contributed by atoms with Gasteiger partial charge in [-0.25, -0.2) is 9.59 Å². The van der Waals surface area contributed by atoms with Gasteiger partial charge in [0.1, 0.15) is 6.61 Å². The zero-order chi connectivity index (χ0) is 14.7. The van der Waals surface area contributed by atoms with Crippen LogP contribution >= 0.6 is 15.9 Å². The Labute approximate surface area is 123 Å². The second-order valence-corrected chi connectivity index (χ2v) is 4.86. The number of ether oxygens (including phenoxy) is 2. The monoisotopic (exact) mass is 341 g/mol. The number of aliphatic carboxylic acids is 1. The highest BCUT2D eigenvalue weighted by Crippen LogP contribution is 2.39. The van der Waals surface area contributed by atoms with Crippen molar-refractivity contribution in [3.8, 4) is 5.75 Å². The van der Waals surface area contributed by atoms with Crippen LogP contribution in [0.3, 0.4) is 0 Å². The average molecular weight is 342 g/mol. The van der Waals surface area contributed by atoms with Crippen molar-refractivity contribution in [2.24, 2.45) is 0 Å². The minimum atomic E-state index is -1.15.